The van der Waals surface area contributed by atoms with Crippen LogP contribution in [0.3, 0.4) is 0 Å². The smallest absolute Gasteiger partial charge is 0.143 e. The van der Waals surface area contributed by atoms with Crippen molar-refractivity contribution < 1.29 is 4.74 Å². The summed E-state index contributed by atoms with van der Waals surface area (Å²) in [4.78, 5) is 0. The van der Waals surface area contributed by atoms with E-state index in [-0.39, 0.29) is 0 Å². The molecule has 1 aliphatic heterocycles. The zero-order valence-corrected chi connectivity index (χ0v) is 24.9. The van der Waals surface area contributed by atoms with E-state index in [0.29, 0.717) is 0 Å². The normalized spacial score (nSPS) is 16.1. The Bertz CT molecular complexity index is 2620. The molecule has 0 saturated heterocycles. The second-order valence-electron chi connectivity index (χ2n) is 12.8. The Kier molecular flexibility index (Phi) is 4.57. The summed E-state index contributed by atoms with van der Waals surface area (Å²) in [6.45, 7) is 0. The highest BCUT2D eigenvalue weighted by molar-refractivity contribution is 6.07. The Balaban J connectivity index is 1.20. The Hall–Kier alpha value is -5.92. The topological polar surface area (TPSA) is 9.23 Å². The van der Waals surface area contributed by atoms with Crippen LogP contribution in [0.5, 0.6) is 11.5 Å². The van der Waals surface area contributed by atoms with Crippen LogP contribution in [0.25, 0.3) is 66.1 Å². The highest BCUT2D eigenvalue weighted by Crippen LogP contribution is 2.64. The maximum atomic E-state index is 6.76. The maximum Gasteiger partial charge on any atom is 0.143 e. The van der Waals surface area contributed by atoms with Crippen molar-refractivity contribution in [2.45, 2.75) is 5.41 Å². The fourth-order valence-electron chi connectivity index (χ4n) is 8.90. The molecule has 1 heterocycles. The molecule has 212 valence electrons. The van der Waals surface area contributed by atoms with Crippen molar-refractivity contribution >= 4 is 21.5 Å². The van der Waals surface area contributed by atoms with Gasteiger partial charge in [-0.15, -0.1) is 0 Å². The third-order valence-corrected chi connectivity index (χ3v) is 10.7. The Labute approximate surface area is 267 Å². The van der Waals surface area contributed by atoms with E-state index in [1.54, 1.807) is 0 Å². The van der Waals surface area contributed by atoms with E-state index in [9.17, 15) is 0 Å². The van der Waals surface area contributed by atoms with Crippen LogP contribution in [-0.2, 0) is 5.41 Å². The van der Waals surface area contributed by atoms with Crippen molar-refractivity contribution in [3.8, 4) is 56.0 Å². The molecule has 1 spiro atoms. The van der Waals surface area contributed by atoms with Gasteiger partial charge in [0.25, 0.3) is 0 Å². The number of fused-ring (bicyclic) bond motifs is 14. The summed E-state index contributed by atoms with van der Waals surface area (Å²) in [5.41, 5.74) is 15.0. The highest BCUT2D eigenvalue weighted by Gasteiger charge is 2.52. The number of benzene rings is 8. The van der Waals surface area contributed by atoms with Crippen LogP contribution in [0.4, 0.5) is 0 Å². The first-order valence-electron chi connectivity index (χ1n) is 16.0. The van der Waals surface area contributed by atoms with Gasteiger partial charge < -0.3 is 4.74 Å². The summed E-state index contributed by atoms with van der Waals surface area (Å²) in [6.07, 6.45) is 0. The predicted octanol–water partition coefficient (Wildman–Crippen LogP) is 11.8. The summed E-state index contributed by atoms with van der Waals surface area (Å²) in [5.74, 6) is 1.85. The number of para-hydroxylation sites is 1. The lowest BCUT2D eigenvalue weighted by Crippen LogP contribution is -2.26. The third kappa shape index (κ3) is 2.87. The Morgan fingerprint density at radius 3 is 1.89 bits per heavy atom. The molecule has 0 radical (unpaired) electrons. The molecule has 3 aliphatic rings. The van der Waals surface area contributed by atoms with E-state index in [1.165, 1.54) is 77.2 Å². The van der Waals surface area contributed by atoms with Crippen LogP contribution in [0.15, 0.2) is 158 Å². The van der Waals surface area contributed by atoms with Crippen molar-refractivity contribution in [3.05, 3.63) is 180 Å². The Morgan fingerprint density at radius 2 is 1.02 bits per heavy atom. The maximum absolute atomic E-state index is 6.76. The molecule has 1 unspecified atom stereocenters. The van der Waals surface area contributed by atoms with Gasteiger partial charge in [0.05, 0.1) is 5.41 Å². The van der Waals surface area contributed by atoms with Gasteiger partial charge >= 0.3 is 0 Å². The first-order chi connectivity index (χ1) is 22.8. The van der Waals surface area contributed by atoms with Crippen molar-refractivity contribution in [3.63, 3.8) is 0 Å². The molecule has 1 atom stereocenters. The van der Waals surface area contributed by atoms with Crippen molar-refractivity contribution in [2.24, 2.45) is 0 Å². The predicted molar refractivity (Wildman–Crippen MR) is 189 cm³/mol. The second kappa shape index (κ2) is 8.62. The number of ether oxygens (including phenoxy) is 1. The quantitative estimate of drug-likeness (QED) is 0.187. The van der Waals surface area contributed by atoms with E-state index in [1.807, 2.05) is 0 Å². The van der Waals surface area contributed by atoms with E-state index >= 15 is 0 Å². The fourth-order valence-corrected chi connectivity index (χ4v) is 8.90. The summed E-state index contributed by atoms with van der Waals surface area (Å²) in [5, 5.41) is 4.99. The van der Waals surface area contributed by atoms with Gasteiger partial charge in [-0.05, 0) is 83.9 Å². The Morgan fingerprint density at radius 1 is 0.391 bits per heavy atom. The first kappa shape index (κ1) is 24.4. The molecule has 2 aliphatic carbocycles. The van der Waals surface area contributed by atoms with Gasteiger partial charge in [0.2, 0.25) is 0 Å². The molecule has 1 heteroatoms. The van der Waals surface area contributed by atoms with E-state index < -0.39 is 5.41 Å². The van der Waals surface area contributed by atoms with Crippen LogP contribution in [0.1, 0.15) is 22.3 Å². The largest absolute Gasteiger partial charge is 0.455 e. The molecule has 0 saturated carbocycles. The van der Waals surface area contributed by atoms with Gasteiger partial charge in [0.1, 0.15) is 11.5 Å². The molecule has 0 amide bonds. The average Bonchev–Trinajstić information content (AvgIpc) is 3.59. The van der Waals surface area contributed by atoms with E-state index in [4.69, 9.17) is 4.74 Å². The summed E-state index contributed by atoms with van der Waals surface area (Å²) in [6, 6.07) is 58.2. The molecular formula is C45H26O. The van der Waals surface area contributed by atoms with Gasteiger partial charge in [0.15, 0.2) is 0 Å². The van der Waals surface area contributed by atoms with Crippen molar-refractivity contribution in [2.75, 3.05) is 0 Å². The van der Waals surface area contributed by atoms with Crippen molar-refractivity contribution in [1.82, 2.24) is 0 Å². The summed E-state index contributed by atoms with van der Waals surface area (Å²) < 4.78 is 6.76. The molecule has 0 fully saturated rings. The van der Waals surface area contributed by atoms with E-state index in [2.05, 4.69) is 158 Å². The molecule has 8 aromatic carbocycles. The minimum absolute atomic E-state index is 0.390. The molecule has 1 nitrogen and oxygen atoms in total. The average molecular weight is 583 g/mol. The van der Waals surface area contributed by atoms with Gasteiger partial charge in [-0.3, -0.25) is 0 Å². The van der Waals surface area contributed by atoms with Crippen LogP contribution in [-0.4, -0.2) is 0 Å². The van der Waals surface area contributed by atoms with Gasteiger partial charge in [-0.1, -0.05) is 146 Å². The lowest BCUT2D eigenvalue weighted by molar-refractivity contribution is 0.489. The molecule has 8 aromatic rings. The minimum Gasteiger partial charge on any atom is -0.455 e. The molecular weight excluding hydrogens is 556 g/mol. The lowest BCUT2D eigenvalue weighted by Gasteiger charge is -2.31. The van der Waals surface area contributed by atoms with Crippen LogP contribution < -0.4 is 4.74 Å². The van der Waals surface area contributed by atoms with Gasteiger partial charge in [0, 0.05) is 16.5 Å². The SMILES string of the molecule is c1ccc2c(c1)-c1cc(-c3cccc4c3Oc3cccc5cccc-4c35)ccc1C21c2ccccc2-c2ccc3ccccc3c21. The van der Waals surface area contributed by atoms with Gasteiger partial charge in [-0.2, -0.15) is 0 Å². The summed E-state index contributed by atoms with van der Waals surface area (Å²) in [7, 11) is 0. The van der Waals surface area contributed by atoms with E-state index in [0.717, 1.165) is 22.6 Å². The lowest BCUT2D eigenvalue weighted by atomic mass is 9.69. The van der Waals surface area contributed by atoms with Gasteiger partial charge in [-0.25, -0.2) is 0 Å². The molecule has 46 heavy (non-hydrogen) atoms. The second-order valence-corrected chi connectivity index (χ2v) is 12.8. The number of hydrogen-bond donors (Lipinski definition) is 0. The minimum atomic E-state index is -0.390. The molecule has 0 aromatic heterocycles. The van der Waals surface area contributed by atoms with Crippen LogP contribution >= 0.6 is 0 Å². The monoisotopic (exact) mass is 582 g/mol. The van der Waals surface area contributed by atoms with Crippen molar-refractivity contribution in [1.29, 1.82) is 0 Å². The first-order valence-corrected chi connectivity index (χ1v) is 16.0. The highest BCUT2D eigenvalue weighted by atomic mass is 16.5. The third-order valence-electron chi connectivity index (χ3n) is 10.7. The zero-order chi connectivity index (χ0) is 30.0. The summed E-state index contributed by atoms with van der Waals surface area (Å²) >= 11 is 0. The molecule has 0 bridgehead atoms. The zero-order valence-electron chi connectivity index (χ0n) is 24.9. The molecule has 0 N–H and O–H groups in total. The van der Waals surface area contributed by atoms with Crippen LogP contribution in [0.2, 0.25) is 0 Å². The number of rotatable bonds is 1. The molecule has 11 rings (SSSR count). The van der Waals surface area contributed by atoms with Crippen LogP contribution in [0, 0.1) is 0 Å². The number of hydrogen-bond acceptors (Lipinski definition) is 1. The standard InChI is InChI=1S/C45H26O/c1-2-13-30-27(10-1)22-24-35-32-14-3-5-19-38(32)45(43(30)35)39-20-6-4-15-33(39)37-26-29(23-25-40(37)45)31-16-9-18-36-34-17-7-11-28-12-8-21-41(42(28)34)46-44(31)36/h1-26H. The fraction of sp³-hybridized carbons (Fsp3) is 0.0222.